The molecule has 0 N–H and O–H groups in total. The minimum Gasteiger partial charge on any atom is -0.462 e. The number of rotatable bonds is 46. The normalized spacial score (nSPS) is 12.5. The average Bonchev–Trinajstić information content (AvgIpc) is 3.22. The first kappa shape index (κ1) is 55.9. The van der Waals surface area contributed by atoms with Gasteiger partial charge in [0.2, 0.25) is 0 Å². The highest BCUT2D eigenvalue weighted by atomic mass is 16.6. The van der Waals surface area contributed by atoms with Gasteiger partial charge in [0.15, 0.2) is 6.10 Å². The van der Waals surface area contributed by atoms with Crippen LogP contribution in [0.25, 0.3) is 0 Å². The quantitative estimate of drug-likeness (QED) is 0.0348. The largest absolute Gasteiger partial charge is 0.462 e. The van der Waals surface area contributed by atoms with E-state index in [-0.39, 0.29) is 25.2 Å². The summed E-state index contributed by atoms with van der Waals surface area (Å²) in [6.07, 6.45) is 59.9. The van der Waals surface area contributed by atoms with Crippen molar-refractivity contribution in [3.8, 4) is 0 Å². The van der Waals surface area contributed by atoms with Crippen LogP contribution < -0.4 is 0 Å². The summed E-state index contributed by atoms with van der Waals surface area (Å²) in [4.78, 5) is 25.2. The summed E-state index contributed by atoms with van der Waals surface area (Å²) >= 11 is 0. The van der Waals surface area contributed by atoms with Gasteiger partial charge in [0, 0.05) is 19.4 Å². The third-order valence-electron chi connectivity index (χ3n) is 10.8. The van der Waals surface area contributed by atoms with E-state index in [0.29, 0.717) is 19.4 Å². The van der Waals surface area contributed by atoms with Gasteiger partial charge in [-0.25, -0.2) is 0 Å². The Bertz CT molecular complexity index is 966. The second-order valence-electron chi connectivity index (χ2n) is 16.7. The molecule has 0 aromatic heterocycles. The van der Waals surface area contributed by atoms with Crippen LogP contribution in [0.3, 0.4) is 0 Å². The predicted octanol–water partition coefficient (Wildman–Crippen LogP) is 16.8. The zero-order valence-electron chi connectivity index (χ0n) is 38.8. The monoisotopic (exact) mass is 813 g/mol. The minimum atomic E-state index is -0.538. The second kappa shape index (κ2) is 49.2. The fraction of sp³-hybridized carbons (Fsp3) is 0.811. The third kappa shape index (κ3) is 46.5. The van der Waals surface area contributed by atoms with Crippen LogP contribution in [-0.4, -0.2) is 37.9 Å². The average molecular weight is 813 g/mol. The number of carbonyl (C=O) groups excluding carboxylic acids is 2. The van der Waals surface area contributed by atoms with Crippen LogP contribution in [0.4, 0.5) is 0 Å². The van der Waals surface area contributed by atoms with E-state index in [1.807, 2.05) is 0 Å². The SMILES string of the molecule is CC/C=C\C/C=C\C/C=C\CCCCCCCC(=O)OCC(COCCCCCCCCCCCC/C=C\CCCCCCCC)OC(=O)CCCCCCCCC. The van der Waals surface area contributed by atoms with Crippen molar-refractivity contribution in [2.75, 3.05) is 19.8 Å². The Balaban J connectivity index is 4.10. The standard InChI is InChI=1S/C53H96O5/c1-4-7-10-13-16-18-20-22-24-25-26-27-28-30-32-34-36-39-42-45-48-56-49-51(58-53(55)47-44-41-37-15-12-9-6-3)50-57-52(54)46-43-40-38-35-33-31-29-23-21-19-17-14-11-8-5-2/h8,11,17,19,22-24,29,51H,4-7,9-10,12-16,18,20-21,25-28,30-50H2,1-3H3/b11-8-,19-17-,24-22-,29-23-. The van der Waals surface area contributed by atoms with Gasteiger partial charge in [-0.15, -0.1) is 0 Å². The molecule has 0 saturated carbocycles. The molecule has 5 nitrogen and oxygen atoms in total. The summed E-state index contributed by atoms with van der Waals surface area (Å²) in [5, 5.41) is 0. The van der Waals surface area contributed by atoms with Gasteiger partial charge in [0.1, 0.15) is 6.61 Å². The Labute approximate surface area is 361 Å². The van der Waals surface area contributed by atoms with Crippen molar-refractivity contribution < 1.29 is 23.8 Å². The van der Waals surface area contributed by atoms with Gasteiger partial charge in [0.05, 0.1) is 6.61 Å². The molecule has 0 fully saturated rings. The molecule has 1 atom stereocenters. The van der Waals surface area contributed by atoms with Crippen molar-refractivity contribution in [3.63, 3.8) is 0 Å². The Morgan fingerprint density at radius 3 is 1.26 bits per heavy atom. The summed E-state index contributed by atoms with van der Waals surface area (Å²) in [6, 6.07) is 0. The third-order valence-corrected chi connectivity index (χ3v) is 10.8. The van der Waals surface area contributed by atoms with Crippen LogP contribution in [0, 0.1) is 0 Å². The molecule has 0 heterocycles. The van der Waals surface area contributed by atoms with Crippen molar-refractivity contribution in [2.45, 2.75) is 258 Å². The number of esters is 2. The predicted molar refractivity (Wildman–Crippen MR) is 251 cm³/mol. The molecule has 58 heavy (non-hydrogen) atoms. The second-order valence-corrected chi connectivity index (χ2v) is 16.7. The lowest BCUT2D eigenvalue weighted by Crippen LogP contribution is -2.30. The lowest BCUT2D eigenvalue weighted by atomic mass is 10.1. The first-order chi connectivity index (χ1) is 28.6. The summed E-state index contributed by atoms with van der Waals surface area (Å²) < 4.78 is 17.3. The zero-order valence-corrected chi connectivity index (χ0v) is 38.8. The Hall–Kier alpha value is -2.14. The first-order valence-electron chi connectivity index (χ1n) is 25.2. The summed E-state index contributed by atoms with van der Waals surface area (Å²) in [5.74, 6) is -0.416. The van der Waals surface area contributed by atoms with E-state index >= 15 is 0 Å². The maximum atomic E-state index is 12.7. The number of hydrogen-bond acceptors (Lipinski definition) is 5. The molecule has 0 aromatic carbocycles. The fourth-order valence-corrected chi connectivity index (χ4v) is 7.11. The van der Waals surface area contributed by atoms with E-state index in [4.69, 9.17) is 14.2 Å². The Kier molecular flexibility index (Phi) is 47.4. The van der Waals surface area contributed by atoms with Crippen molar-refractivity contribution in [1.29, 1.82) is 0 Å². The van der Waals surface area contributed by atoms with Gasteiger partial charge in [-0.3, -0.25) is 9.59 Å². The van der Waals surface area contributed by atoms with Gasteiger partial charge in [-0.1, -0.05) is 211 Å². The Morgan fingerprint density at radius 1 is 0.397 bits per heavy atom. The molecule has 5 heteroatoms. The molecule has 0 amide bonds. The van der Waals surface area contributed by atoms with E-state index in [1.165, 1.54) is 148 Å². The molecule has 0 rings (SSSR count). The van der Waals surface area contributed by atoms with Gasteiger partial charge in [-0.2, -0.15) is 0 Å². The molecule has 1 unspecified atom stereocenters. The van der Waals surface area contributed by atoms with Crippen molar-refractivity contribution in [3.05, 3.63) is 48.6 Å². The van der Waals surface area contributed by atoms with E-state index in [9.17, 15) is 9.59 Å². The number of ether oxygens (including phenoxy) is 3. The first-order valence-corrected chi connectivity index (χ1v) is 25.2. The van der Waals surface area contributed by atoms with Crippen LogP contribution in [0.5, 0.6) is 0 Å². The van der Waals surface area contributed by atoms with Crippen molar-refractivity contribution in [2.24, 2.45) is 0 Å². The number of allylic oxidation sites excluding steroid dienone is 8. The highest BCUT2D eigenvalue weighted by Crippen LogP contribution is 2.14. The van der Waals surface area contributed by atoms with E-state index in [0.717, 1.165) is 70.6 Å². The minimum absolute atomic E-state index is 0.0779. The zero-order chi connectivity index (χ0) is 42.1. The summed E-state index contributed by atoms with van der Waals surface area (Å²) in [7, 11) is 0. The molecule has 338 valence electrons. The summed E-state index contributed by atoms with van der Waals surface area (Å²) in [5.41, 5.74) is 0. The molecule has 0 aliphatic rings. The van der Waals surface area contributed by atoms with Gasteiger partial charge in [-0.05, 0) is 77.0 Å². The van der Waals surface area contributed by atoms with E-state index in [2.05, 4.69) is 69.4 Å². The van der Waals surface area contributed by atoms with Crippen LogP contribution >= 0.6 is 0 Å². The van der Waals surface area contributed by atoms with Gasteiger partial charge < -0.3 is 14.2 Å². The van der Waals surface area contributed by atoms with Crippen LogP contribution in [-0.2, 0) is 23.8 Å². The lowest BCUT2D eigenvalue weighted by Gasteiger charge is -2.18. The molecule has 0 aliphatic heterocycles. The van der Waals surface area contributed by atoms with Crippen LogP contribution in [0.15, 0.2) is 48.6 Å². The van der Waals surface area contributed by atoms with Crippen LogP contribution in [0.2, 0.25) is 0 Å². The van der Waals surface area contributed by atoms with Gasteiger partial charge >= 0.3 is 11.9 Å². The van der Waals surface area contributed by atoms with Gasteiger partial charge in [0.25, 0.3) is 0 Å². The number of hydrogen-bond donors (Lipinski definition) is 0. The topological polar surface area (TPSA) is 61.8 Å². The Morgan fingerprint density at radius 2 is 0.776 bits per heavy atom. The molecule has 0 bridgehead atoms. The van der Waals surface area contributed by atoms with E-state index in [1.54, 1.807) is 0 Å². The molecule has 0 spiro atoms. The molecule has 0 radical (unpaired) electrons. The molecule has 0 saturated heterocycles. The summed E-state index contributed by atoms with van der Waals surface area (Å²) in [6.45, 7) is 7.68. The molecular weight excluding hydrogens is 717 g/mol. The highest BCUT2D eigenvalue weighted by Gasteiger charge is 2.17. The fourth-order valence-electron chi connectivity index (χ4n) is 7.11. The number of carbonyl (C=O) groups is 2. The van der Waals surface area contributed by atoms with E-state index < -0.39 is 6.10 Å². The molecule has 0 aromatic rings. The lowest BCUT2D eigenvalue weighted by molar-refractivity contribution is -0.163. The number of unbranched alkanes of at least 4 members (excludes halogenated alkanes) is 27. The maximum Gasteiger partial charge on any atom is 0.306 e. The molecule has 0 aliphatic carbocycles. The highest BCUT2D eigenvalue weighted by molar-refractivity contribution is 5.70. The van der Waals surface area contributed by atoms with Crippen molar-refractivity contribution in [1.82, 2.24) is 0 Å². The molecular formula is C53H96O5. The maximum absolute atomic E-state index is 12.7. The van der Waals surface area contributed by atoms with Crippen LogP contribution in [0.1, 0.15) is 252 Å². The van der Waals surface area contributed by atoms with Crippen molar-refractivity contribution >= 4 is 11.9 Å². The smallest absolute Gasteiger partial charge is 0.306 e.